The minimum atomic E-state index is -0.626. The number of carbonyl (C=O) groups is 1. The van der Waals surface area contributed by atoms with Gasteiger partial charge in [-0.15, -0.1) is 0 Å². The van der Waals surface area contributed by atoms with Crippen LogP contribution in [0.2, 0.25) is 0 Å². The molecule has 1 atom stereocenters. The number of aryl methyl sites for hydroxylation is 1. The first-order chi connectivity index (χ1) is 11.7. The first-order valence-corrected chi connectivity index (χ1v) is 8.64. The zero-order valence-electron chi connectivity index (χ0n) is 13.7. The van der Waals surface area contributed by atoms with Crippen molar-refractivity contribution in [3.63, 3.8) is 0 Å². The van der Waals surface area contributed by atoms with E-state index >= 15 is 0 Å². The van der Waals surface area contributed by atoms with Gasteiger partial charge in [0.15, 0.2) is 0 Å². The maximum atomic E-state index is 13.2. The van der Waals surface area contributed by atoms with E-state index in [1.54, 1.807) is 0 Å². The Labute approximate surface area is 141 Å². The molecule has 120 valence electrons. The van der Waals surface area contributed by atoms with Crippen molar-refractivity contribution in [3.05, 3.63) is 64.5 Å². The Balaban J connectivity index is 1.80. The largest absolute Gasteiger partial charge is 0.372 e. The third kappa shape index (κ3) is 1.71. The van der Waals surface area contributed by atoms with Crippen molar-refractivity contribution < 1.29 is 4.79 Å². The Morgan fingerprint density at radius 1 is 1.21 bits per heavy atom. The molecule has 1 saturated carbocycles. The third-order valence-corrected chi connectivity index (χ3v) is 5.70. The molecular weight excluding hydrogens is 298 g/mol. The van der Waals surface area contributed by atoms with Gasteiger partial charge >= 0.3 is 0 Å². The Hall–Kier alpha value is -2.49. The van der Waals surface area contributed by atoms with Crippen molar-refractivity contribution >= 4 is 11.7 Å². The standard InChI is InChI=1S/C20H19N3O/c1-21-18-14-11-22-17(13-6-7-13)10-16(14)20(19(24)23-18)9-8-12-4-2-3-5-15(12)20/h2-5,10-11,13H,6-9H2,1H3,(H,21,23,24)/t20-/m0/s1. The van der Waals surface area contributed by atoms with Crippen LogP contribution in [0.5, 0.6) is 0 Å². The highest BCUT2D eigenvalue weighted by Crippen LogP contribution is 2.49. The van der Waals surface area contributed by atoms with Crippen molar-refractivity contribution in [2.45, 2.75) is 37.0 Å². The molecule has 0 radical (unpaired) electrons. The number of aromatic nitrogens is 1. The molecule has 1 aromatic carbocycles. The molecule has 0 saturated heterocycles. The maximum Gasteiger partial charge on any atom is 0.262 e. The Bertz CT molecular complexity index is 898. The quantitative estimate of drug-likeness (QED) is 0.880. The van der Waals surface area contributed by atoms with Gasteiger partial charge in [-0.2, -0.15) is 4.99 Å². The highest BCUT2D eigenvalue weighted by Gasteiger charge is 2.50. The minimum absolute atomic E-state index is 0.0442. The number of nitrogens with zero attached hydrogens (tertiary/aromatic N) is 2. The topological polar surface area (TPSA) is 54.4 Å². The van der Waals surface area contributed by atoms with Crippen LogP contribution in [0.15, 0.2) is 41.5 Å². The number of amidine groups is 1. The molecule has 2 aliphatic carbocycles. The van der Waals surface area contributed by atoms with E-state index in [0.717, 1.165) is 35.2 Å². The molecule has 0 bridgehead atoms. The summed E-state index contributed by atoms with van der Waals surface area (Å²) in [7, 11) is 1.81. The van der Waals surface area contributed by atoms with Gasteiger partial charge in [-0.3, -0.25) is 9.78 Å². The SMILES string of the molecule is CNC1=NC(=O)[C@]2(CCc3ccccc32)c2cc(C3CC3)ncc21. The van der Waals surface area contributed by atoms with Crippen LogP contribution >= 0.6 is 0 Å². The van der Waals surface area contributed by atoms with Crippen LogP contribution in [-0.2, 0) is 16.6 Å². The number of hydrogen-bond acceptors (Lipinski definition) is 3. The summed E-state index contributed by atoms with van der Waals surface area (Å²) in [5.74, 6) is 1.16. The third-order valence-electron chi connectivity index (χ3n) is 5.70. The summed E-state index contributed by atoms with van der Waals surface area (Å²) in [6.45, 7) is 0. The normalized spacial score (nSPS) is 24.5. The van der Waals surface area contributed by atoms with E-state index in [1.807, 2.05) is 19.3 Å². The van der Waals surface area contributed by atoms with E-state index in [0.29, 0.717) is 11.8 Å². The maximum absolute atomic E-state index is 13.2. The number of pyridine rings is 1. The molecule has 1 fully saturated rings. The van der Waals surface area contributed by atoms with Crippen LogP contribution in [-0.4, -0.2) is 23.8 Å². The van der Waals surface area contributed by atoms with Gasteiger partial charge in [0.2, 0.25) is 0 Å². The monoisotopic (exact) mass is 317 g/mol. The lowest BCUT2D eigenvalue weighted by molar-refractivity contribution is -0.122. The van der Waals surface area contributed by atoms with Gasteiger partial charge in [0.25, 0.3) is 5.91 Å². The van der Waals surface area contributed by atoms with E-state index in [9.17, 15) is 4.79 Å². The van der Waals surface area contributed by atoms with Crippen LogP contribution in [0.1, 0.15) is 53.1 Å². The van der Waals surface area contributed by atoms with Gasteiger partial charge in [-0.25, -0.2) is 0 Å². The fourth-order valence-corrected chi connectivity index (χ4v) is 4.29. The lowest BCUT2D eigenvalue weighted by atomic mass is 9.71. The Kier molecular flexibility index (Phi) is 2.76. The highest BCUT2D eigenvalue weighted by atomic mass is 16.1. The van der Waals surface area contributed by atoms with E-state index in [1.165, 1.54) is 18.4 Å². The summed E-state index contributed by atoms with van der Waals surface area (Å²) in [5, 5.41) is 3.07. The van der Waals surface area contributed by atoms with Gasteiger partial charge in [-0.05, 0) is 48.4 Å². The molecule has 24 heavy (non-hydrogen) atoms. The number of carbonyl (C=O) groups excluding carboxylic acids is 1. The van der Waals surface area contributed by atoms with E-state index in [4.69, 9.17) is 0 Å². The molecular formula is C20H19N3O. The molecule has 2 heterocycles. The summed E-state index contributed by atoms with van der Waals surface area (Å²) in [5.41, 5.74) is 4.96. The van der Waals surface area contributed by atoms with Crippen LogP contribution in [0, 0.1) is 0 Å². The van der Waals surface area contributed by atoms with Gasteiger partial charge in [0.1, 0.15) is 11.3 Å². The Morgan fingerprint density at radius 3 is 2.83 bits per heavy atom. The average molecular weight is 317 g/mol. The number of fused-ring (bicyclic) bond motifs is 4. The van der Waals surface area contributed by atoms with Crippen LogP contribution < -0.4 is 5.32 Å². The van der Waals surface area contributed by atoms with Gasteiger partial charge < -0.3 is 5.32 Å². The second-order valence-electron chi connectivity index (χ2n) is 7.01. The number of hydrogen-bond donors (Lipinski definition) is 1. The highest BCUT2D eigenvalue weighted by molar-refractivity contribution is 6.14. The smallest absolute Gasteiger partial charge is 0.262 e. The zero-order chi connectivity index (χ0) is 16.3. The van der Waals surface area contributed by atoms with Gasteiger partial charge in [0, 0.05) is 30.4 Å². The lowest BCUT2D eigenvalue weighted by Gasteiger charge is -2.33. The first-order valence-electron chi connectivity index (χ1n) is 8.64. The predicted octanol–water partition coefficient (Wildman–Crippen LogP) is 2.70. The molecule has 1 N–H and O–H groups in total. The molecule has 5 rings (SSSR count). The van der Waals surface area contributed by atoms with E-state index < -0.39 is 5.41 Å². The predicted molar refractivity (Wildman–Crippen MR) is 92.4 cm³/mol. The molecule has 1 amide bonds. The summed E-state index contributed by atoms with van der Waals surface area (Å²) in [4.78, 5) is 22.2. The summed E-state index contributed by atoms with van der Waals surface area (Å²) in [6, 6.07) is 10.5. The van der Waals surface area contributed by atoms with Crippen LogP contribution in [0.25, 0.3) is 0 Å². The molecule has 0 unspecified atom stereocenters. The zero-order valence-corrected chi connectivity index (χ0v) is 13.7. The van der Waals surface area contributed by atoms with Gasteiger partial charge in [-0.1, -0.05) is 24.3 Å². The van der Waals surface area contributed by atoms with Crippen molar-refractivity contribution in [2.24, 2.45) is 4.99 Å². The van der Waals surface area contributed by atoms with Crippen molar-refractivity contribution in [2.75, 3.05) is 7.05 Å². The second-order valence-corrected chi connectivity index (χ2v) is 7.01. The molecule has 2 aromatic rings. The number of nitrogens with one attached hydrogen (secondary N) is 1. The summed E-state index contributed by atoms with van der Waals surface area (Å²) < 4.78 is 0. The number of benzene rings is 1. The molecule has 1 aromatic heterocycles. The van der Waals surface area contributed by atoms with E-state index in [-0.39, 0.29) is 5.91 Å². The molecule has 1 aliphatic heterocycles. The average Bonchev–Trinajstić information content (AvgIpc) is 3.40. The van der Waals surface area contributed by atoms with E-state index in [2.05, 4.69) is 39.6 Å². The molecule has 4 nitrogen and oxygen atoms in total. The van der Waals surface area contributed by atoms with Crippen LogP contribution in [0.3, 0.4) is 0 Å². The summed E-state index contributed by atoms with van der Waals surface area (Å²) >= 11 is 0. The lowest BCUT2D eigenvalue weighted by Crippen LogP contribution is -2.42. The van der Waals surface area contributed by atoms with Crippen molar-refractivity contribution in [1.82, 2.24) is 10.3 Å². The first kappa shape index (κ1) is 13.9. The summed E-state index contributed by atoms with van der Waals surface area (Å²) in [6.07, 6.45) is 6.04. The van der Waals surface area contributed by atoms with Gasteiger partial charge in [0.05, 0.1) is 0 Å². The van der Waals surface area contributed by atoms with Crippen molar-refractivity contribution in [3.8, 4) is 0 Å². The second kappa shape index (κ2) is 4.76. The number of rotatable bonds is 1. The minimum Gasteiger partial charge on any atom is -0.372 e. The molecule has 3 aliphatic rings. The van der Waals surface area contributed by atoms with Crippen molar-refractivity contribution in [1.29, 1.82) is 0 Å². The fourth-order valence-electron chi connectivity index (χ4n) is 4.29. The number of amides is 1. The number of aliphatic imine (C=N–C) groups is 1. The Morgan fingerprint density at radius 2 is 2.04 bits per heavy atom. The van der Waals surface area contributed by atoms with Crippen LogP contribution in [0.4, 0.5) is 0 Å². The molecule has 1 spiro atoms. The molecule has 4 heteroatoms. The fraction of sp³-hybridized carbons (Fsp3) is 0.350.